The van der Waals surface area contributed by atoms with E-state index in [1.165, 1.54) is 25.7 Å². The van der Waals surface area contributed by atoms with Crippen LogP contribution in [0.3, 0.4) is 0 Å². The van der Waals surface area contributed by atoms with E-state index in [-0.39, 0.29) is 25.4 Å². The van der Waals surface area contributed by atoms with Crippen molar-refractivity contribution in [2.75, 3.05) is 23.0 Å². The quantitative estimate of drug-likeness (QED) is 0.0635. The molecular weight excluding hydrogens is 863 g/mol. The van der Waals surface area contributed by atoms with Gasteiger partial charge in [-0.25, -0.2) is 24.9 Å². The third-order valence-corrected chi connectivity index (χ3v) is 12.4. The molecule has 0 radical (unpaired) electrons. The zero-order valence-corrected chi connectivity index (χ0v) is 38.6. The molecule has 2 aromatic carbocycles. The summed E-state index contributed by atoms with van der Waals surface area (Å²) in [5.41, 5.74) is 16.2. The lowest BCUT2D eigenvalue weighted by Crippen LogP contribution is -2.26. The van der Waals surface area contributed by atoms with E-state index in [1.54, 1.807) is 26.4 Å². The highest BCUT2D eigenvalue weighted by Gasteiger charge is 2.33. The van der Waals surface area contributed by atoms with Crippen molar-refractivity contribution in [2.24, 2.45) is 5.92 Å². The summed E-state index contributed by atoms with van der Waals surface area (Å²) in [6.07, 6.45) is 10.8. The van der Waals surface area contributed by atoms with Gasteiger partial charge in [0.2, 0.25) is 11.7 Å². The van der Waals surface area contributed by atoms with Crippen molar-refractivity contribution >= 4 is 47.4 Å². The molecule has 1 aliphatic heterocycles. The summed E-state index contributed by atoms with van der Waals surface area (Å²) < 4.78 is 9.55. The molecule has 3 aliphatic rings. The molecule has 15 nitrogen and oxygen atoms in total. The molecule has 0 bridgehead atoms. The number of nitrogens with zero attached hydrogens (tertiary/aromatic N) is 10. The van der Waals surface area contributed by atoms with E-state index in [1.807, 2.05) is 79.0 Å². The van der Waals surface area contributed by atoms with Gasteiger partial charge < -0.3 is 33.2 Å². The van der Waals surface area contributed by atoms with Crippen molar-refractivity contribution in [3.05, 3.63) is 125 Å². The Morgan fingerprint density at radius 3 is 2.13 bits per heavy atom. The number of hydrogen-bond donors (Lipinski definition) is 3. The van der Waals surface area contributed by atoms with Crippen molar-refractivity contribution in [3.8, 4) is 23.8 Å². The number of hydrogen-bond acceptors (Lipinski definition) is 11. The predicted octanol–water partition coefficient (Wildman–Crippen LogP) is 8.50. The van der Waals surface area contributed by atoms with Gasteiger partial charge in [-0.3, -0.25) is 14.3 Å². The van der Waals surface area contributed by atoms with Gasteiger partial charge in [0.1, 0.15) is 36.3 Å². The first-order valence-corrected chi connectivity index (χ1v) is 24.8. The van der Waals surface area contributed by atoms with Gasteiger partial charge in [-0.15, -0.1) is 0 Å². The van der Waals surface area contributed by atoms with E-state index in [0.29, 0.717) is 71.0 Å². The highest BCUT2D eigenvalue weighted by atomic mass is 79.9. The summed E-state index contributed by atoms with van der Waals surface area (Å²) in [5.74, 6) is 4.39. The second kappa shape index (κ2) is 21.6. The molecule has 62 heavy (non-hydrogen) atoms. The van der Waals surface area contributed by atoms with E-state index in [4.69, 9.17) is 26.7 Å². The fourth-order valence-corrected chi connectivity index (χ4v) is 7.25. The van der Waals surface area contributed by atoms with Gasteiger partial charge in [0.15, 0.2) is 22.1 Å². The van der Waals surface area contributed by atoms with Crippen molar-refractivity contribution in [3.63, 3.8) is 0 Å². The summed E-state index contributed by atoms with van der Waals surface area (Å²) in [7, 11) is -1.02. The number of ether oxygens (including phenoxy) is 1. The predicted molar refractivity (Wildman–Crippen MR) is 248 cm³/mol. The number of benzene rings is 2. The van der Waals surface area contributed by atoms with Crippen LogP contribution in [0.25, 0.3) is 11.6 Å². The minimum absolute atomic E-state index is 0. The first-order valence-electron chi connectivity index (χ1n) is 20.3. The van der Waals surface area contributed by atoms with Crippen LogP contribution in [0.4, 0.5) is 17.5 Å². The minimum Gasteiger partial charge on any atom is -0.383 e. The highest BCUT2D eigenvalue weighted by molar-refractivity contribution is 9.10. The lowest BCUT2D eigenvalue weighted by molar-refractivity contribution is -0.117. The van der Waals surface area contributed by atoms with Crippen molar-refractivity contribution in [2.45, 2.75) is 90.5 Å². The third-order valence-electron chi connectivity index (χ3n) is 10.1. The van der Waals surface area contributed by atoms with E-state index < -0.39 is 8.07 Å². The fourth-order valence-electron chi connectivity index (χ4n) is 6.00. The van der Waals surface area contributed by atoms with E-state index in [0.717, 1.165) is 35.4 Å². The number of halogens is 1. The molecule has 1 amide bonds. The largest absolute Gasteiger partial charge is 0.383 e. The number of carbonyl (C=O) groups excluding carboxylic acids is 1. The summed E-state index contributed by atoms with van der Waals surface area (Å²) in [5, 5.41) is 17.5. The van der Waals surface area contributed by atoms with Crippen LogP contribution in [-0.2, 0) is 35.8 Å². The lowest BCUT2D eigenvalue weighted by Gasteiger charge is -2.17. The Kier molecular flexibility index (Phi) is 16.3. The number of nitriles is 2. The van der Waals surface area contributed by atoms with Crippen LogP contribution in [0.5, 0.6) is 0 Å². The maximum Gasteiger partial charge on any atom is 0.233 e. The van der Waals surface area contributed by atoms with Crippen LogP contribution in [-0.4, -0.2) is 59.6 Å². The molecule has 9 rings (SSSR count). The molecule has 2 fully saturated rings. The van der Waals surface area contributed by atoms with Gasteiger partial charge in [0.25, 0.3) is 0 Å². The second-order valence-electron chi connectivity index (χ2n) is 16.5. The van der Waals surface area contributed by atoms with E-state index in [2.05, 4.69) is 72.4 Å². The Morgan fingerprint density at radius 1 is 0.919 bits per heavy atom. The maximum absolute atomic E-state index is 12.5. The number of rotatable bonds is 11. The monoisotopic (exact) mass is 916 g/mol. The molecule has 0 unspecified atom stereocenters. The number of fused-ring (bicyclic) bond motifs is 1. The van der Waals surface area contributed by atoms with E-state index >= 15 is 0 Å². The van der Waals surface area contributed by atoms with Gasteiger partial charge in [0.05, 0.1) is 19.5 Å². The standard InChI is InChI=1S/C19H18N6O.C11H9BrN4.C10H17N3OSi.C4H8.CH3/c20-16-13-8-15(26)25(10-11-4-2-1-3-5-11)19(13)24-18(23-16)17-21-9-14(22-17)12-6-7-12;12-11-15-9(6-13)10(14)16(11)7-8-4-2-1-3-5-8;1-15(2,3)7-6-14-9-13-5-4-12-10(13)8-11;1-4-2-3-4;/h1-5,9,12H,6-8,10H2,(H,21,22)(H2,20,23,24);1-5H,7,14H2;4-5H,6-7,9H2,1-3H3;4H,2-3H2,1H3;1H3/q;;;;-1. The molecule has 17 heteroatoms. The molecule has 0 atom stereocenters. The Labute approximate surface area is 373 Å². The summed E-state index contributed by atoms with van der Waals surface area (Å²) in [6.45, 7) is 11.5. The van der Waals surface area contributed by atoms with Gasteiger partial charge in [-0.1, -0.05) is 100 Å². The van der Waals surface area contributed by atoms with Gasteiger partial charge >= 0.3 is 0 Å². The Bertz CT molecular complexity index is 2470. The number of nitrogens with one attached hydrogen (secondary N) is 1. The van der Waals surface area contributed by atoms with Crippen molar-refractivity contribution in [1.82, 2.24) is 39.0 Å². The molecule has 2 aliphatic carbocycles. The maximum atomic E-state index is 12.5. The average molecular weight is 918 g/mol. The van der Waals surface area contributed by atoms with Crippen LogP contribution >= 0.6 is 15.9 Å². The SMILES string of the molecule is CC1CC1.C[Si](C)(C)CCOCn1ccnc1C#N.N#Cc1nc(Br)n(Cc2ccccc2)c1N.Nc1nc(-c2ncc(C3CC3)[nH]2)nc2c1CC(=O)N2Cc1ccccc1.[CH3-]. The van der Waals surface area contributed by atoms with Crippen LogP contribution < -0.4 is 16.4 Å². The smallest absolute Gasteiger partial charge is 0.233 e. The molecule has 324 valence electrons. The second-order valence-corrected chi connectivity index (χ2v) is 22.8. The Morgan fingerprint density at radius 2 is 1.56 bits per heavy atom. The number of amides is 1. The number of carbonyl (C=O) groups is 1. The Balaban J connectivity index is 0.000000175. The number of nitrogen functional groups attached to an aromatic ring is 2. The Hall–Kier alpha value is -6.14. The van der Waals surface area contributed by atoms with Crippen molar-refractivity contribution in [1.29, 1.82) is 10.5 Å². The number of nitrogens with two attached hydrogens (primary N) is 2. The lowest BCUT2D eigenvalue weighted by atomic mass is 10.2. The number of imidazole rings is 3. The molecular formula is C45H55BrN13O2Si-. The zero-order chi connectivity index (χ0) is 43.5. The number of aromatic nitrogens is 8. The summed E-state index contributed by atoms with van der Waals surface area (Å²) in [4.78, 5) is 38.8. The van der Waals surface area contributed by atoms with Gasteiger partial charge in [-0.05, 0) is 51.9 Å². The first kappa shape index (κ1) is 46.9. The molecule has 0 spiro atoms. The molecule has 2 saturated carbocycles. The molecule has 5 N–H and O–H groups in total. The average Bonchev–Trinajstić information content (AvgIpc) is 4.08. The van der Waals surface area contributed by atoms with Crippen molar-refractivity contribution < 1.29 is 9.53 Å². The van der Waals surface area contributed by atoms with E-state index in [9.17, 15) is 4.79 Å². The summed E-state index contributed by atoms with van der Waals surface area (Å²) >= 11 is 3.29. The number of H-pyrrole nitrogens is 1. The number of aromatic amines is 1. The third kappa shape index (κ3) is 13.2. The molecule has 4 aromatic heterocycles. The highest BCUT2D eigenvalue weighted by Crippen LogP contribution is 2.40. The fraction of sp³-hybridized carbons (Fsp3) is 0.356. The minimum atomic E-state index is -1.02. The van der Waals surface area contributed by atoms with Gasteiger partial charge in [-0.2, -0.15) is 10.5 Å². The van der Waals surface area contributed by atoms with Crippen LogP contribution in [0, 0.1) is 36.0 Å². The topological polar surface area (TPSA) is 219 Å². The molecule has 0 saturated heterocycles. The van der Waals surface area contributed by atoms with Crippen LogP contribution in [0.15, 0.2) is 84.0 Å². The molecule has 6 aromatic rings. The van der Waals surface area contributed by atoms with Gasteiger partial charge in [0, 0.05) is 50.4 Å². The molecule has 5 heterocycles. The van der Waals surface area contributed by atoms with Crippen LogP contribution in [0.2, 0.25) is 25.7 Å². The normalized spacial score (nSPS) is 13.8. The number of anilines is 3. The van der Waals surface area contributed by atoms with Crippen LogP contribution in [0.1, 0.15) is 72.4 Å². The first-order chi connectivity index (χ1) is 29.3. The summed E-state index contributed by atoms with van der Waals surface area (Å²) in [6, 6.07) is 24.8. The zero-order valence-electron chi connectivity index (χ0n) is 36.1.